The highest BCUT2D eigenvalue weighted by Crippen LogP contribution is 2.15. The van der Waals surface area contributed by atoms with E-state index in [1.54, 1.807) is 0 Å². The Morgan fingerprint density at radius 3 is 1.30 bits per heavy atom. The van der Waals surface area contributed by atoms with Gasteiger partial charge < -0.3 is 0 Å². The van der Waals surface area contributed by atoms with Crippen LogP contribution >= 0.6 is 0 Å². The molecule has 0 bridgehead atoms. The summed E-state index contributed by atoms with van der Waals surface area (Å²) in [6.07, 6.45) is 44.2. The summed E-state index contributed by atoms with van der Waals surface area (Å²) in [7, 11) is 0. The van der Waals surface area contributed by atoms with E-state index < -0.39 is 0 Å². The van der Waals surface area contributed by atoms with Crippen molar-refractivity contribution in [3.63, 3.8) is 0 Å². The molecule has 1 aromatic carbocycles. The van der Waals surface area contributed by atoms with Gasteiger partial charge in [-0.25, -0.2) is 9.13 Å². The van der Waals surface area contributed by atoms with Crippen LogP contribution in [0.1, 0.15) is 199 Å². The number of hydrogen-bond acceptors (Lipinski definition) is 0. The number of hydrogen-bond donors (Lipinski definition) is 0. The number of benzene rings is 1. The maximum absolute atomic E-state index is 2.56. The van der Waals surface area contributed by atoms with Crippen LogP contribution < -0.4 is 4.57 Å². The minimum Gasteiger partial charge on any atom is -0.234 e. The molecule has 0 amide bonds. The summed E-state index contributed by atoms with van der Waals surface area (Å²) in [5, 5.41) is 0. The molecule has 0 aliphatic carbocycles. The molecule has 2 heteroatoms. The summed E-state index contributed by atoms with van der Waals surface area (Å²) in [5.41, 5.74) is 1.43. The van der Waals surface area contributed by atoms with E-state index >= 15 is 0 Å². The van der Waals surface area contributed by atoms with Crippen molar-refractivity contribution in [1.82, 2.24) is 4.57 Å². The Bertz CT molecular complexity index is 839. The van der Waals surface area contributed by atoms with Gasteiger partial charge in [0.2, 0.25) is 0 Å². The Hall–Kier alpha value is -1.57. The summed E-state index contributed by atoms with van der Waals surface area (Å²) in [6, 6.07) is 11.1. The fourth-order valence-corrected chi connectivity index (χ4v) is 6.66. The highest BCUT2D eigenvalue weighted by molar-refractivity contribution is 5.18. The predicted molar refractivity (Wildman–Crippen MR) is 190 cm³/mol. The van der Waals surface area contributed by atoms with Gasteiger partial charge in [0.05, 0.1) is 19.5 Å². The summed E-state index contributed by atoms with van der Waals surface area (Å²) < 4.78 is 5.12. The van der Waals surface area contributed by atoms with Crippen LogP contribution in [0.4, 0.5) is 0 Å². The average molecular weight is 594 g/mol. The van der Waals surface area contributed by atoms with Crippen LogP contribution in [0, 0.1) is 0 Å². The first-order valence-corrected chi connectivity index (χ1v) is 19.5. The third-order valence-corrected chi connectivity index (χ3v) is 9.55. The zero-order chi connectivity index (χ0) is 30.5. The van der Waals surface area contributed by atoms with Gasteiger partial charge in [0.25, 0.3) is 5.82 Å². The van der Waals surface area contributed by atoms with Gasteiger partial charge in [-0.2, -0.15) is 0 Å². The summed E-state index contributed by atoms with van der Waals surface area (Å²) in [6.45, 7) is 6.96. The fourth-order valence-electron chi connectivity index (χ4n) is 6.66. The van der Waals surface area contributed by atoms with Gasteiger partial charge >= 0.3 is 0 Å². The molecule has 0 fully saturated rings. The maximum atomic E-state index is 2.56. The van der Waals surface area contributed by atoms with Crippen LogP contribution in [0.2, 0.25) is 0 Å². The van der Waals surface area contributed by atoms with Gasteiger partial charge in [0.1, 0.15) is 12.4 Å². The number of unbranched alkanes of at least 4 members (excludes halogenated alkanes) is 25. The van der Waals surface area contributed by atoms with Gasteiger partial charge in [0.15, 0.2) is 0 Å². The molecular formula is C41H73N2+. The molecule has 0 atom stereocenters. The normalized spacial score (nSPS) is 11.5. The third-order valence-electron chi connectivity index (χ3n) is 9.55. The maximum Gasteiger partial charge on any atom is 0.260 e. The van der Waals surface area contributed by atoms with Crippen molar-refractivity contribution < 1.29 is 4.57 Å². The SMILES string of the molecule is CCCCCCCCCCCCCCCCCCC[n+]1ccn(CCCCCCCCCCCC)c1Cc1ccccc1. The molecule has 2 rings (SSSR count). The lowest BCUT2D eigenvalue weighted by Gasteiger charge is -2.07. The molecule has 43 heavy (non-hydrogen) atoms. The Morgan fingerprint density at radius 1 is 0.465 bits per heavy atom. The second kappa shape index (κ2) is 27.9. The van der Waals surface area contributed by atoms with Crippen molar-refractivity contribution in [2.75, 3.05) is 0 Å². The summed E-state index contributed by atoms with van der Waals surface area (Å²) in [5.74, 6) is 1.50. The molecule has 2 aromatic rings. The highest BCUT2D eigenvalue weighted by Gasteiger charge is 2.17. The third kappa shape index (κ3) is 20.2. The van der Waals surface area contributed by atoms with Crippen LogP contribution in [0.5, 0.6) is 0 Å². The second-order valence-electron chi connectivity index (χ2n) is 13.6. The molecular weight excluding hydrogens is 520 g/mol. The first-order chi connectivity index (χ1) is 21.3. The van der Waals surface area contributed by atoms with Crippen molar-refractivity contribution in [2.24, 2.45) is 0 Å². The Balaban J connectivity index is 1.55. The van der Waals surface area contributed by atoms with Crippen LogP contribution in [0.15, 0.2) is 42.7 Å². The minimum atomic E-state index is 1.05. The summed E-state index contributed by atoms with van der Waals surface area (Å²) in [4.78, 5) is 0. The van der Waals surface area contributed by atoms with Gasteiger partial charge in [0, 0.05) is 0 Å². The van der Waals surface area contributed by atoms with Crippen LogP contribution in [-0.2, 0) is 19.5 Å². The molecule has 1 aromatic heterocycles. The number of imidazole rings is 1. The molecule has 0 spiro atoms. The van der Waals surface area contributed by atoms with E-state index in [0.29, 0.717) is 0 Å². The molecule has 0 aliphatic rings. The standard InChI is InChI=1S/C41H73N2/c1-3-5-7-9-11-13-15-16-17-18-19-20-21-23-25-27-32-36-43-38-37-42(41(43)39-40-33-29-28-30-34-40)35-31-26-24-22-14-12-10-8-6-4-2/h28-30,33-34,37-38H,3-27,31-32,35-36,39H2,1-2H3/q+1. The van der Waals surface area contributed by atoms with Gasteiger partial charge in [-0.15, -0.1) is 0 Å². The lowest BCUT2D eigenvalue weighted by molar-refractivity contribution is -0.703. The molecule has 0 aliphatic heterocycles. The Morgan fingerprint density at radius 2 is 0.860 bits per heavy atom. The molecule has 0 N–H and O–H groups in total. The zero-order valence-electron chi connectivity index (χ0n) is 29.1. The largest absolute Gasteiger partial charge is 0.260 e. The molecule has 0 radical (unpaired) electrons. The number of rotatable bonds is 31. The number of nitrogens with zero attached hydrogens (tertiary/aromatic N) is 2. The molecule has 2 nitrogen and oxygen atoms in total. The second-order valence-corrected chi connectivity index (χ2v) is 13.6. The predicted octanol–water partition coefficient (Wildman–Crippen LogP) is 12.9. The smallest absolute Gasteiger partial charge is 0.234 e. The number of aromatic nitrogens is 2. The van der Waals surface area contributed by atoms with Crippen molar-refractivity contribution in [1.29, 1.82) is 0 Å². The minimum absolute atomic E-state index is 1.05. The fraction of sp³-hybridized carbons (Fsp3) is 0.780. The van der Waals surface area contributed by atoms with Crippen molar-refractivity contribution in [3.8, 4) is 0 Å². The van der Waals surface area contributed by atoms with E-state index in [2.05, 4.69) is 65.7 Å². The lowest BCUT2D eigenvalue weighted by Crippen LogP contribution is -2.37. The monoisotopic (exact) mass is 594 g/mol. The first-order valence-electron chi connectivity index (χ1n) is 19.5. The van der Waals surface area contributed by atoms with Crippen molar-refractivity contribution in [2.45, 2.75) is 207 Å². The topological polar surface area (TPSA) is 8.81 Å². The van der Waals surface area contributed by atoms with E-state index in [0.717, 1.165) is 6.42 Å². The van der Waals surface area contributed by atoms with E-state index in [1.807, 2.05) is 0 Å². The van der Waals surface area contributed by atoms with E-state index in [9.17, 15) is 0 Å². The molecule has 0 unspecified atom stereocenters. The first kappa shape index (κ1) is 37.6. The van der Waals surface area contributed by atoms with E-state index in [1.165, 1.54) is 198 Å². The molecule has 1 heterocycles. The summed E-state index contributed by atoms with van der Waals surface area (Å²) >= 11 is 0. The average Bonchev–Trinajstić information content (AvgIpc) is 3.40. The highest BCUT2D eigenvalue weighted by atomic mass is 15.1. The quantitative estimate of drug-likeness (QED) is 0.0607. The Kier molecular flexibility index (Phi) is 24.4. The molecule has 246 valence electrons. The van der Waals surface area contributed by atoms with E-state index in [-0.39, 0.29) is 0 Å². The van der Waals surface area contributed by atoms with Crippen LogP contribution in [-0.4, -0.2) is 4.57 Å². The zero-order valence-corrected chi connectivity index (χ0v) is 29.1. The van der Waals surface area contributed by atoms with Crippen molar-refractivity contribution >= 4 is 0 Å². The van der Waals surface area contributed by atoms with Crippen molar-refractivity contribution in [3.05, 3.63) is 54.1 Å². The van der Waals surface area contributed by atoms with Gasteiger partial charge in [-0.3, -0.25) is 0 Å². The van der Waals surface area contributed by atoms with Gasteiger partial charge in [-0.05, 0) is 31.2 Å². The van der Waals surface area contributed by atoms with Crippen LogP contribution in [0.3, 0.4) is 0 Å². The molecule has 0 saturated carbocycles. The Labute approximate surface area is 269 Å². The van der Waals surface area contributed by atoms with E-state index in [4.69, 9.17) is 0 Å². The van der Waals surface area contributed by atoms with Crippen LogP contribution in [0.25, 0.3) is 0 Å². The number of aryl methyl sites for hydroxylation is 2. The lowest BCUT2D eigenvalue weighted by atomic mass is 10.0. The van der Waals surface area contributed by atoms with Gasteiger partial charge in [-0.1, -0.05) is 192 Å². The molecule has 0 saturated heterocycles.